The summed E-state index contributed by atoms with van der Waals surface area (Å²) in [4.78, 5) is 33.6. The maximum absolute atomic E-state index is 13.3. The average molecular weight is 460 g/mol. The molecule has 2 aliphatic rings. The van der Waals surface area contributed by atoms with Gasteiger partial charge in [0, 0.05) is 43.2 Å². The molecule has 0 N–H and O–H groups in total. The molecule has 170 valence electrons. The highest BCUT2D eigenvalue weighted by Gasteiger charge is 2.32. The fraction of sp³-hybridized carbons (Fsp3) is 0.333. The summed E-state index contributed by atoms with van der Waals surface area (Å²) in [6, 6.07) is 20.5. The molecule has 0 aliphatic carbocycles. The molecule has 0 radical (unpaired) electrons. The summed E-state index contributed by atoms with van der Waals surface area (Å²) in [6.07, 6.45) is 0.989. The molecule has 3 heterocycles. The fourth-order valence-corrected chi connectivity index (χ4v) is 5.78. The van der Waals surface area contributed by atoms with Crippen molar-refractivity contribution in [3.8, 4) is 0 Å². The number of amides is 2. The van der Waals surface area contributed by atoms with E-state index in [-0.39, 0.29) is 17.9 Å². The van der Waals surface area contributed by atoms with Gasteiger partial charge in [-0.1, -0.05) is 48.0 Å². The van der Waals surface area contributed by atoms with Gasteiger partial charge < -0.3 is 9.80 Å². The smallest absolute Gasteiger partial charge is 0.253 e. The predicted molar refractivity (Wildman–Crippen MR) is 132 cm³/mol. The summed E-state index contributed by atoms with van der Waals surface area (Å²) in [5, 5.41) is 2.16. The number of carbonyl (C=O) groups is 2. The molecule has 6 heteroatoms. The summed E-state index contributed by atoms with van der Waals surface area (Å²) >= 11 is 1.82. The molecular formula is C27H29N3O2S. The van der Waals surface area contributed by atoms with Crippen LogP contribution in [0.3, 0.4) is 0 Å². The molecule has 33 heavy (non-hydrogen) atoms. The topological polar surface area (TPSA) is 43.9 Å². The fourth-order valence-electron chi connectivity index (χ4n) is 4.88. The van der Waals surface area contributed by atoms with Crippen molar-refractivity contribution in [2.24, 2.45) is 0 Å². The van der Waals surface area contributed by atoms with Gasteiger partial charge in [0.25, 0.3) is 5.91 Å². The number of rotatable bonds is 4. The summed E-state index contributed by atoms with van der Waals surface area (Å²) in [5.74, 6) is 0.198. The van der Waals surface area contributed by atoms with Crippen LogP contribution in [0.15, 0.2) is 66.0 Å². The summed E-state index contributed by atoms with van der Waals surface area (Å²) in [6.45, 7) is 5.63. The molecule has 2 amide bonds. The normalized spacial score (nSPS) is 18.8. The molecule has 0 saturated carbocycles. The van der Waals surface area contributed by atoms with Gasteiger partial charge in [-0.3, -0.25) is 14.5 Å². The predicted octanol–water partition coefficient (Wildman–Crippen LogP) is 3.99. The third-order valence-corrected chi connectivity index (χ3v) is 7.73. The SMILES string of the molecule is Cc1ccc(C(=O)N2CCN(C(=O)CN3CCc4sccc4C3c3ccccc3)CC2)cc1. The van der Waals surface area contributed by atoms with Gasteiger partial charge in [-0.25, -0.2) is 0 Å². The standard InChI is InChI=1S/C27H29N3O2S/c1-20-7-9-22(10-8-20)27(32)29-16-14-28(15-17-29)25(31)19-30-13-11-24-23(12-18-33-24)26(30)21-5-3-2-4-6-21/h2-10,12,18,26H,11,13-17,19H2,1H3. The molecule has 0 bridgehead atoms. The molecule has 5 rings (SSSR count). The highest BCUT2D eigenvalue weighted by molar-refractivity contribution is 7.10. The van der Waals surface area contributed by atoms with Crippen LogP contribution in [0.4, 0.5) is 0 Å². The van der Waals surface area contributed by atoms with Gasteiger partial charge in [0.2, 0.25) is 5.91 Å². The van der Waals surface area contributed by atoms with E-state index in [9.17, 15) is 9.59 Å². The van der Waals surface area contributed by atoms with E-state index in [2.05, 4.69) is 40.6 Å². The first-order valence-electron chi connectivity index (χ1n) is 11.6. The van der Waals surface area contributed by atoms with E-state index in [0.717, 1.165) is 18.5 Å². The van der Waals surface area contributed by atoms with Gasteiger partial charge in [0.15, 0.2) is 0 Å². The molecule has 3 aromatic rings. The minimum absolute atomic E-state index is 0.0484. The van der Waals surface area contributed by atoms with Crippen LogP contribution in [-0.4, -0.2) is 65.8 Å². The van der Waals surface area contributed by atoms with Crippen molar-refractivity contribution in [2.75, 3.05) is 39.3 Å². The maximum Gasteiger partial charge on any atom is 0.253 e. The lowest BCUT2D eigenvalue weighted by atomic mass is 9.93. The summed E-state index contributed by atoms with van der Waals surface area (Å²) < 4.78 is 0. The number of carbonyl (C=O) groups excluding carboxylic acids is 2. The first kappa shape index (κ1) is 21.9. The van der Waals surface area contributed by atoms with Crippen molar-refractivity contribution in [2.45, 2.75) is 19.4 Å². The van der Waals surface area contributed by atoms with Crippen LogP contribution in [0.25, 0.3) is 0 Å². The second-order valence-corrected chi connectivity index (χ2v) is 9.87. The molecule has 1 aromatic heterocycles. The minimum Gasteiger partial charge on any atom is -0.338 e. The van der Waals surface area contributed by atoms with Gasteiger partial charge in [-0.15, -0.1) is 11.3 Å². The number of aryl methyl sites for hydroxylation is 1. The number of hydrogen-bond acceptors (Lipinski definition) is 4. The van der Waals surface area contributed by atoms with Crippen LogP contribution < -0.4 is 0 Å². The lowest BCUT2D eigenvalue weighted by Crippen LogP contribution is -2.53. The Labute approximate surface area is 199 Å². The lowest BCUT2D eigenvalue weighted by Gasteiger charge is -2.39. The number of hydrogen-bond donors (Lipinski definition) is 0. The Morgan fingerprint density at radius 3 is 2.30 bits per heavy atom. The molecule has 5 nitrogen and oxygen atoms in total. The molecule has 1 unspecified atom stereocenters. The number of nitrogens with zero attached hydrogens (tertiary/aromatic N) is 3. The third kappa shape index (κ3) is 4.59. The van der Waals surface area contributed by atoms with Crippen LogP contribution in [0.1, 0.15) is 38.0 Å². The third-order valence-electron chi connectivity index (χ3n) is 6.74. The van der Waals surface area contributed by atoms with Gasteiger partial charge in [-0.2, -0.15) is 0 Å². The molecular weight excluding hydrogens is 430 g/mol. The Morgan fingerprint density at radius 2 is 1.58 bits per heavy atom. The Balaban J connectivity index is 1.23. The van der Waals surface area contributed by atoms with Gasteiger partial charge >= 0.3 is 0 Å². The highest BCUT2D eigenvalue weighted by Crippen LogP contribution is 2.37. The van der Waals surface area contributed by atoms with E-state index in [4.69, 9.17) is 0 Å². The van der Waals surface area contributed by atoms with Crippen LogP contribution in [0.2, 0.25) is 0 Å². The van der Waals surface area contributed by atoms with Crippen molar-refractivity contribution in [1.29, 1.82) is 0 Å². The molecule has 0 spiro atoms. The van der Waals surface area contributed by atoms with Crippen molar-refractivity contribution >= 4 is 23.2 Å². The van der Waals surface area contributed by atoms with Crippen LogP contribution in [0, 0.1) is 6.92 Å². The maximum atomic E-state index is 13.3. The first-order chi connectivity index (χ1) is 16.1. The number of piperazine rings is 1. The van der Waals surface area contributed by atoms with Crippen LogP contribution >= 0.6 is 11.3 Å². The van der Waals surface area contributed by atoms with Gasteiger partial charge in [-0.05, 0) is 48.1 Å². The highest BCUT2D eigenvalue weighted by atomic mass is 32.1. The molecule has 2 aromatic carbocycles. The Morgan fingerprint density at radius 1 is 0.879 bits per heavy atom. The molecule has 2 aliphatic heterocycles. The van der Waals surface area contributed by atoms with Gasteiger partial charge in [0.1, 0.15) is 0 Å². The van der Waals surface area contributed by atoms with E-state index in [1.165, 1.54) is 16.0 Å². The Hall–Kier alpha value is -2.96. The first-order valence-corrected chi connectivity index (χ1v) is 12.5. The van der Waals surface area contributed by atoms with Crippen molar-refractivity contribution < 1.29 is 9.59 Å². The monoisotopic (exact) mass is 459 g/mol. The van der Waals surface area contributed by atoms with E-state index < -0.39 is 0 Å². The van der Waals surface area contributed by atoms with Gasteiger partial charge in [0.05, 0.1) is 12.6 Å². The summed E-state index contributed by atoms with van der Waals surface area (Å²) in [7, 11) is 0. The zero-order chi connectivity index (χ0) is 22.8. The molecule has 1 fully saturated rings. The zero-order valence-corrected chi connectivity index (χ0v) is 19.8. The molecule has 1 atom stereocenters. The lowest BCUT2D eigenvalue weighted by molar-refractivity contribution is -0.134. The Bertz CT molecular complexity index is 1120. The Kier molecular flexibility index (Phi) is 6.29. The van der Waals surface area contributed by atoms with Crippen LogP contribution in [-0.2, 0) is 11.2 Å². The zero-order valence-electron chi connectivity index (χ0n) is 18.9. The number of fused-ring (bicyclic) bond motifs is 1. The minimum atomic E-state index is 0.0484. The second-order valence-electron chi connectivity index (χ2n) is 8.87. The largest absolute Gasteiger partial charge is 0.338 e. The van der Waals surface area contributed by atoms with E-state index in [1.54, 1.807) is 0 Å². The quantitative estimate of drug-likeness (QED) is 0.593. The molecule has 1 saturated heterocycles. The van der Waals surface area contributed by atoms with E-state index in [1.807, 2.05) is 58.4 Å². The average Bonchev–Trinajstić information content (AvgIpc) is 3.33. The van der Waals surface area contributed by atoms with Crippen molar-refractivity contribution in [3.63, 3.8) is 0 Å². The van der Waals surface area contributed by atoms with E-state index >= 15 is 0 Å². The van der Waals surface area contributed by atoms with Crippen LogP contribution in [0.5, 0.6) is 0 Å². The second kappa shape index (κ2) is 9.49. The van der Waals surface area contributed by atoms with E-state index in [0.29, 0.717) is 38.3 Å². The number of thiophene rings is 1. The van der Waals surface area contributed by atoms with Crippen molar-refractivity contribution in [3.05, 3.63) is 93.2 Å². The van der Waals surface area contributed by atoms with Crippen molar-refractivity contribution in [1.82, 2.24) is 14.7 Å². The number of benzene rings is 2. The summed E-state index contributed by atoms with van der Waals surface area (Å²) in [5.41, 5.74) is 4.42.